The van der Waals surface area contributed by atoms with Gasteiger partial charge in [-0.1, -0.05) is 6.08 Å². The molecule has 1 unspecified atom stereocenters. The quantitative estimate of drug-likeness (QED) is 0.657. The van der Waals surface area contributed by atoms with E-state index in [1.807, 2.05) is 6.08 Å². The molecular weight excluding hydrogens is 162 g/mol. The first-order chi connectivity index (χ1) is 5.21. The first-order valence-electron chi connectivity index (χ1n) is 3.85. The van der Waals surface area contributed by atoms with Gasteiger partial charge in [-0.15, -0.1) is 0 Å². The molecule has 1 heterocycles. The van der Waals surface area contributed by atoms with Crippen LogP contribution in [0, 0.1) is 0 Å². The van der Waals surface area contributed by atoms with Gasteiger partial charge in [0.1, 0.15) is 5.37 Å². The maximum Gasteiger partial charge on any atom is 0.174 e. The Morgan fingerprint density at radius 3 is 2.55 bits per heavy atom. The molecule has 0 aromatic heterocycles. The Kier molecular flexibility index (Phi) is 1.45. The lowest BCUT2D eigenvalue weighted by Crippen LogP contribution is -2.32. The zero-order chi connectivity index (χ0) is 7.90. The highest BCUT2D eigenvalue weighted by atomic mass is 32.2. The second-order valence-electron chi connectivity index (χ2n) is 3.08. The van der Waals surface area contributed by atoms with Crippen LogP contribution >= 0.6 is 0 Å². The summed E-state index contributed by atoms with van der Waals surface area (Å²) in [5.41, 5.74) is 0. The highest BCUT2D eigenvalue weighted by molar-refractivity contribution is 7.92. The predicted octanol–water partition coefficient (Wildman–Crippen LogP) is 0.397. The molecule has 0 bridgehead atoms. The number of rotatable bonds is 2. The van der Waals surface area contributed by atoms with E-state index >= 15 is 0 Å². The van der Waals surface area contributed by atoms with Crippen molar-refractivity contribution in [1.29, 1.82) is 0 Å². The fourth-order valence-corrected chi connectivity index (χ4v) is 3.20. The maximum atomic E-state index is 11.5. The topological polar surface area (TPSA) is 46.2 Å². The van der Waals surface area contributed by atoms with Crippen molar-refractivity contribution < 1.29 is 8.42 Å². The van der Waals surface area contributed by atoms with Crippen LogP contribution in [0.5, 0.6) is 0 Å². The molecule has 0 spiro atoms. The number of hydrogen-bond donors (Lipinski definition) is 1. The number of nitrogens with one attached hydrogen (secondary N) is 1. The summed E-state index contributed by atoms with van der Waals surface area (Å²) in [6, 6.07) is 0. The molecular formula is C7H11NO2S. The molecule has 1 aliphatic heterocycles. The van der Waals surface area contributed by atoms with Gasteiger partial charge >= 0.3 is 0 Å². The monoisotopic (exact) mass is 173 g/mol. The van der Waals surface area contributed by atoms with Crippen LogP contribution in [0.1, 0.15) is 19.3 Å². The minimum absolute atomic E-state index is 0.0418. The molecule has 62 valence electrons. The first kappa shape index (κ1) is 7.16. The van der Waals surface area contributed by atoms with E-state index in [9.17, 15) is 8.42 Å². The molecule has 0 saturated heterocycles. The third-order valence-electron chi connectivity index (χ3n) is 2.14. The van der Waals surface area contributed by atoms with Crippen LogP contribution in [0.4, 0.5) is 0 Å². The lowest BCUT2D eigenvalue weighted by molar-refractivity contribution is 0.573. The molecule has 4 heteroatoms. The molecule has 1 N–H and O–H groups in total. The lowest BCUT2D eigenvalue weighted by atomic mass is 10.5. The van der Waals surface area contributed by atoms with Gasteiger partial charge in [0.2, 0.25) is 0 Å². The Balaban J connectivity index is 2.13. The summed E-state index contributed by atoms with van der Waals surface area (Å²) in [7, 11) is -2.84. The van der Waals surface area contributed by atoms with Gasteiger partial charge in [-0.25, -0.2) is 8.42 Å². The molecule has 0 radical (unpaired) electrons. The normalized spacial score (nSPS) is 30.4. The Morgan fingerprint density at radius 2 is 2.09 bits per heavy atom. The van der Waals surface area contributed by atoms with Gasteiger partial charge in [0.05, 0.1) is 5.25 Å². The van der Waals surface area contributed by atoms with Crippen LogP contribution in [-0.4, -0.2) is 19.0 Å². The minimum atomic E-state index is -2.84. The largest absolute Gasteiger partial charge is 0.375 e. The second-order valence-corrected chi connectivity index (χ2v) is 5.50. The van der Waals surface area contributed by atoms with Crippen molar-refractivity contribution >= 4 is 9.84 Å². The van der Waals surface area contributed by atoms with Crippen LogP contribution in [-0.2, 0) is 9.84 Å². The van der Waals surface area contributed by atoms with Crippen LogP contribution < -0.4 is 5.32 Å². The van der Waals surface area contributed by atoms with E-state index in [4.69, 9.17) is 0 Å². The summed E-state index contributed by atoms with van der Waals surface area (Å²) in [5.74, 6) is 0. The molecule has 2 rings (SSSR count). The van der Waals surface area contributed by atoms with Crippen LogP contribution in [0.3, 0.4) is 0 Å². The van der Waals surface area contributed by atoms with E-state index in [0.29, 0.717) is 6.42 Å². The van der Waals surface area contributed by atoms with Crippen molar-refractivity contribution in [1.82, 2.24) is 5.32 Å². The van der Waals surface area contributed by atoms with Gasteiger partial charge < -0.3 is 5.32 Å². The Bertz CT molecular complexity index is 269. The molecule has 0 aromatic carbocycles. The van der Waals surface area contributed by atoms with Gasteiger partial charge in [0, 0.05) is 6.42 Å². The van der Waals surface area contributed by atoms with E-state index in [-0.39, 0.29) is 10.6 Å². The van der Waals surface area contributed by atoms with Crippen molar-refractivity contribution in [3.05, 3.63) is 12.3 Å². The van der Waals surface area contributed by atoms with Crippen molar-refractivity contribution in [2.75, 3.05) is 0 Å². The minimum Gasteiger partial charge on any atom is -0.375 e. The van der Waals surface area contributed by atoms with Gasteiger partial charge in [0.25, 0.3) is 0 Å². The van der Waals surface area contributed by atoms with Gasteiger partial charge in [0.15, 0.2) is 9.84 Å². The molecule has 0 amide bonds. The summed E-state index contributed by atoms with van der Waals surface area (Å²) in [4.78, 5) is 0. The van der Waals surface area contributed by atoms with Gasteiger partial charge in [-0.2, -0.15) is 0 Å². The molecule has 11 heavy (non-hydrogen) atoms. The zero-order valence-corrected chi connectivity index (χ0v) is 6.97. The molecule has 1 saturated carbocycles. The number of hydrogen-bond acceptors (Lipinski definition) is 3. The van der Waals surface area contributed by atoms with Crippen LogP contribution in [0.2, 0.25) is 0 Å². The summed E-state index contributed by atoms with van der Waals surface area (Å²) >= 11 is 0. The summed E-state index contributed by atoms with van der Waals surface area (Å²) in [6.07, 6.45) is 5.95. The Morgan fingerprint density at radius 1 is 1.36 bits per heavy atom. The molecule has 1 fully saturated rings. The molecule has 2 aliphatic rings. The standard InChI is InChI=1S/C7H11NO2S/c9-11(10,6-3-4-6)7-2-1-5-8-7/h1,5-8H,2-4H2. The molecule has 0 aromatic rings. The third kappa shape index (κ3) is 1.15. The van der Waals surface area contributed by atoms with E-state index in [1.165, 1.54) is 0 Å². The third-order valence-corrected chi connectivity index (χ3v) is 4.66. The highest BCUT2D eigenvalue weighted by Gasteiger charge is 2.41. The van der Waals surface area contributed by atoms with Crippen LogP contribution in [0.25, 0.3) is 0 Å². The average Bonchev–Trinajstić information content (AvgIpc) is 2.66. The van der Waals surface area contributed by atoms with Crippen molar-refractivity contribution in [3.8, 4) is 0 Å². The van der Waals surface area contributed by atoms with Crippen molar-refractivity contribution in [3.63, 3.8) is 0 Å². The fraction of sp³-hybridized carbons (Fsp3) is 0.714. The van der Waals surface area contributed by atoms with Crippen LogP contribution in [0.15, 0.2) is 12.3 Å². The van der Waals surface area contributed by atoms with Crippen molar-refractivity contribution in [2.45, 2.75) is 29.9 Å². The summed E-state index contributed by atoms with van der Waals surface area (Å²) in [5, 5.41) is 2.48. The fourth-order valence-electron chi connectivity index (χ4n) is 1.29. The maximum absolute atomic E-state index is 11.5. The van der Waals surface area contributed by atoms with E-state index in [1.54, 1.807) is 6.20 Å². The van der Waals surface area contributed by atoms with Crippen molar-refractivity contribution in [2.24, 2.45) is 0 Å². The molecule has 1 atom stereocenters. The first-order valence-corrected chi connectivity index (χ1v) is 5.46. The Labute approximate surface area is 66.4 Å². The van der Waals surface area contributed by atoms with E-state index < -0.39 is 9.84 Å². The SMILES string of the molecule is O=S(=O)(C1CC1)C1CC=CN1. The lowest BCUT2D eigenvalue weighted by Gasteiger charge is -2.10. The van der Waals surface area contributed by atoms with E-state index in [2.05, 4.69) is 5.32 Å². The van der Waals surface area contributed by atoms with Gasteiger partial charge in [-0.3, -0.25) is 0 Å². The number of sulfone groups is 1. The molecule has 1 aliphatic carbocycles. The highest BCUT2D eigenvalue weighted by Crippen LogP contribution is 2.32. The Hall–Kier alpha value is -0.510. The predicted molar refractivity (Wildman–Crippen MR) is 42.6 cm³/mol. The smallest absolute Gasteiger partial charge is 0.174 e. The average molecular weight is 173 g/mol. The summed E-state index contributed by atoms with van der Waals surface area (Å²) in [6.45, 7) is 0. The zero-order valence-electron chi connectivity index (χ0n) is 6.16. The summed E-state index contributed by atoms with van der Waals surface area (Å²) < 4.78 is 23.0. The van der Waals surface area contributed by atoms with E-state index in [0.717, 1.165) is 12.8 Å². The molecule has 3 nitrogen and oxygen atoms in total. The van der Waals surface area contributed by atoms with Gasteiger partial charge in [-0.05, 0) is 19.0 Å². The second kappa shape index (κ2) is 2.24.